The molecule has 0 aliphatic heterocycles. The van der Waals surface area contributed by atoms with Crippen LogP contribution in [0.15, 0.2) is 12.7 Å². The van der Waals surface area contributed by atoms with Crippen molar-refractivity contribution in [2.24, 2.45) is 45.8 Å². The molecule has 3 rings (SSSR count). The zero-order valence-corrected chi connectivity index (χ0v) is 23.0. The van der Waals surface area contributed by atoms with E-state index in [1.165, 1.54) is 0 Å². The Morgan fingerprint density at radius 3 is 2.53 bits per heavy atom. The summed E-state index contributed by atoms with van der Waals surface area (Å²) in [5.41, 5.74) is -1.82. The van der Waals surface area contributed by atoms with Crippen molar-refractivity contribution in [3.05, 3.63) is 12.7 Å². The second-order valence-corrected chi connectivity index (χ2v) is 13.6. The van der Waals surface area contributed by atoms with Crippen molar-refractivity contribution in [2.75, 3.05) is 11.0 Å². The Morgan fingerprint density at radius 2 is 1.97 bits per heavy atom. The lowest BCUT2D eigenvalue weighted by Gasteiger charge is -2.53. The number of alkyl halides is 1. The van der Waals surface area contributed by atoms with E-state index in [1.807, 2.05) is 20.8 Å². The van der Waals surface area contributed by atoms with E-state index < -0.39 is 11.0 Å². The molecule has 0 aromatic rings. The van der Waals surface area contributed by atoms with Gasteiger partial charge in [0, 0.05) is 22.2 Å². The third kappa shape index (κ3) is 4.71. The van der Waals surface area contributed by atoms with Gasteiger partial charge in [0.2, 0.25) is 0 Å². The van der Waals surface area contributed by atoms with Crippen LogP contribution in [0.1, 0.15) is 80.1 Å². The molecule has 0 amide bonds. The molecule has 0 saturated heterocycles. The topological polar surface area (TPSA) is 63.6 Å². The highest BCUT2D eigenvalue weighted by atomic mass is 127. The predicted octanol–water partition coefficient (Wildman–Crippen LogP) is 5.99. The van der Waals surface area contributed by atoms with Crippen LogP contribution in [0.2, 0.25) is 0 Å². The number of esters is 1. The number of ketones is 1. The van der Waals surface area contributed by atoms with Gasteiger partial charge >= 0.3 is 5.97 Å². The predicted molar refractivity (Wildman–Crippen MR) is 136 cm³/mol. The molecule has 32 heavy (non-hydrogen) atoms. The molecule has 3 aliphatic rings. The summed E-state index contributed by atoms with van der Waals surface area (Å²) >= 11 is 2.44. The monoisotopic (exact) mass is 558 g/mol. The summed E-state index contributed by atoms with van der Waals surface area (Å²) < 4.78 is 6.49. The van der Waals surface area contributed by atoms with Crippen molar-refractivity contribution >= 4 is 34.3 Å². The van der Waals surface area contributed by atoms with E-state index in [0.29, 0.717) is 48.2 Å². The molecule has 8 atom stereocenters. The SMILES string of the molecule is C=C[C@](O)(CCOC(=O)C(C)(C)C)C[C@](C)(CCI)C1CC[C@]2(C)C(=O)[C@H]3C[C@H]3C2C1C. The third-order valence-electron chi connectivity index (χ3n) is 9.14. The standard InChI is InChI=1S/C27H43IO4/c1-8-27(31,12-14-32-23(30)24(3,4)5)16-25(6,11-13-28)20-9-10-26(7)21(17(20)2)18-15-19(18)22(26)29/h8,17-21,31H,1,9-16H2,2-7H3/t17?,18-,19+,20?,21?,25+,26+,27+/m1/s1. The van der Waals surface area contributed by atoms with E-state index in [1.54, 1.807) is 6.08 Å². The second-order valence-electron chi connectivity index (χ2n) is 12.5. The number of ether oxygens (including phenoxy) is 1. The van der Waals surface area contributed by atoms with Crippen molar-refractivity contribution in [3.63, 3.8) is 0 Å². The van der Waals surface area contributed by atoms with E-state index in [0.717, 1.165) is 30.1 Å². The molecule has 3 unspecified atom stereocenters. The maximum atomic E-state index is 13.0. The van der Waals surface area contributed by atoms with Gasteiger partial charge in [-0.1, -0.05) is 49.4 Å². The molecular weight excluding hydrogens is 515 g/mol. The summed E-state index contributed by atoms with van der Waals surface area (Å²) in [4.78, 5) is 25.1. The van der Waals surface area contributed by atoms with E-state index in [-0.39, 0.29) is 23.4 Å². The number of fused-ring (bicyclic) bond motifs is 3. The molecule has 3 aliphatic carbocycles. The first kappa shape index (κ1) is 26.2. The van der Waals surface area contributed by atoms with E-state index >= 15 is 0 Å². The smallest absolute Gasteiger partial charge is 0.311 e. The average Bonchev–Trinajstić information content (AvgIpc) is 3.42. The molecule has 5 heteroatoms. The largest absolute Gasteiger partial charge is 0.465 e. The number of hydrogen-bond acceptors (Lipinski definition) is 4. The highest BCUT2D eigenvalue weighted by Gasteiger charge is 2.68. The van der Waals surface area contributed by atoms with E-state index in [9.17, 15) is 14.7 Å². The zero-order valence-electron chi connectivity index (χ0n) is 20.9. The van der Waals surface area contributed by atoms with Crippen LogP contribution in [0.4, 0.5) is 0 Å². The minimum Gasteiger partial charge on any atom is -0.465 e. The Bertz CT molecular complexity index is 757. The normalized spacial score (nSPS) is 37.6. The second kappa shape index (κ2) is 8.98. The number of halogens is 1. The highest BCUT2D eigenvalue weighted by molar-refractivity contribution is 14.1. The Labute approximate surface area is 208 Å². The number of aliphatic hydroxyl groups is 1. The Hall–Kier alpha value is -0.430. The molecule has 4 nitrogen and oxygen atoms in total. The Morgan fingerprint density at radius 1 is 1.31 bits per heavy atom. The number of rotatable bonds is 9. The van der Waals surface area contributed by atoms with E-state index in [2.05, 4.69) is 49.9 Å². The minimum absolute atomic E-state index is 0.0606. The van der Waals surface area contributed by atoms with Crippen LogP contribution in [0, 0.1) is 45.8 Å². The van der Waals surface area contributed by atoms with Gasteiger partial charge in [0.1, 0.15) is 5.78 Å². The molecule has 0 spiro atoms. The van der Waals surface area contributed by atoms with Crippen LogP contribution in [0.25, 0.3) is 0 Å². The van der Waals surface area contributed by atoms with Crippen LogP contribution >= 0.6 is 22.6 Å². The van der Waals surface area contributed by atoms with Gasteiger partial charge in [-0.3, -0.25) is 9.59 Å². The molecular formula is C27H43IO4. The van der Waals surface area contributed by atoms with Crippen LogP contribution < -0.4 is 0 Å². The summed E-state index contributed by atoms with van der Waals surface area (Å²) in [5, 5.41) is 11.5. The number of hydrogen-bond donors (Lipinski definition) is 1. The quantitative estimate of drug-likeness (QED) is 0.163. The molecule has 0 bridgehead atoms. The molecule has 0 aromatic carbocycles. The lowest BCUT2D eigenvalue weighted by Crippen LogP contribution is -2.49. The summed E-state index contributed by atoms with van der Waals surface area (Å²) in [6.45, 7) is 16.6. The Kier molecular flexibility index (Phi) is 7.34. The molecule has 0 radical (unpaired) electrons. The van der Waals surface area contributed by atoms with Crippen molar-refractivity contribution in [1.29, 1.82) is 0 Å². The van der Waals surface area contributed by atoms with Gasteiger partial charge in [0.25, 0.3) is 0 Å². The van der Waals surface area contributed by atoms with Gasteiger partial charge in [0.05, 0.1) is 17.6 Å². The fraction of sp³-hybridized carbons (Fsp3) is 0.852. The average molecular weight is 559 g/mol. The summed E-state index contributed by atoms with van der Waals surface area (Å²) in [6, 6.07) is 0. The molecule has 0 heterocycles. The van der Waals surface area contributed by atoms with Gasteiger partial charge < -0.3 is 9.84 Å². The van der Waals surface area contributed by atoms with Crippen LogP contribution in [-0.4, -0.2) is 33.5 Å². The van der Waals surface area contributed by atoms with Crippen molar-refractivity contribution in [2.45, 2.75) is 85.7 Å². The summed E-state index contributed by atoms with van der Waals surface area (Å²) in [5.74, 6) is 2.61. The number of carbonyl (C=O) groups is 2. The number of carbonyl (C=O) groups excluding carboxylic acids is 2. The van der Waals surface area contributed by atoms with Crippen LogP contribution in [0.3, 0.4) is 0 Å². The van der Waals surface area contributed by atoms with Gasteiger partial charge in [-0.25, -0.2) is 0 Å². The van der Waals surface area contributed by atoms with Crippen molar-refractivity contribution in [1.82, 2.24) is 0 Å². The lowest BCUT2D eigenvalue weighted by atomic mass is 9.52. The van der Waals surface area contributed by atoms with Crippen molar-refractivity contribution < 1.29 is 19.4 Å². The Balaban J connectivity index is 1.74. The van der Waals surface area contributed by atoms with Gasteiger partial charge in [0.15, 0.2) is 0 Å². The van der Waals surface area contributed by atoms with E-state index in [4.69, 9.17) is 4.74 Å². The first-order chi connectivity index (χ1) is 14.7. The zero-order chi connectivity index (χ0) is 24.1. The van der Waals surface area contributed by atoms with Gasteiger partial charge in [-0.15, -0.1) is 6.58 Å². The number of Topliss-reactive ketones (excluding diaryl/α,β-unsaturated/α-hetero) is 1. The fourth-order valence-corrected chi connectivity index (χ4v) is 8.54. The van der Waals surface area contributed by atoms with Crippen molar-refractivity contribution in [3.8, 4) is 0 Å². The molecule has 182 valence electrons. The maximum Gasteiger partial charge on any atom is 0.311 e. The van der Waals surface area contributed by atoms with Gasteiger partial charge in [-0.2, -0.15) is 0 Å². The fourth-order valence-electron chi connectivity index (χ4n) is 7.30. The summed E-state index contributed by atoms with van der Waals surface area (Å²) in [7, 11) is 0. The molecule has 1 N–H and O–H groups in total. The third-order valence-corrected chi connectivity index (χ3v) is 9.68. The lowest BCUT2D eigenvalue weighted by molar-refractivity contribution is -0.154. The van der Waals surface area contributed by atoms with Crippen LogP contribution in [0.5, 0.6) is 0 Å². The minimum atomic E-state index is -1.08. The van der Waals surface area contributed by atoms with Crippen LogP contribution in [-0.2, 0) is 14.3 Å². The molecule has 3 fully saturated rings. The first-order valence-corrected chi connectivity index (χ1v) is 13.9. The maximum absolute atomic E-state index is 13.0. The highest BCUT2D eigenvalue weighted by Crippen LogP contribution is 2.69. The first-order valence-electron chi connectivity index (χ1n) is 12.4. The molecule has 0 aromatic heterocycles. The summed E-state index contributed by atoms with van der Waals surface area (Å²) in [6.07, 6.45) is 6.75. The van der Waals surface area contributed by atoms with Gasteiger partial charge in [-0.05, 0) is 82.0 Å². The molecule has 3 saturated carbocycles.